The molecule has 114 valence electrons. The fraction of sp³-hybridized carbons (Fsp3) is 0.941. The van der Waals surface area contributed by atoms with Gasteiger partial charge in [0, 0.05) is 6.42 Å². The van der Waals surface area contributed by atoms with Gasteiger partial charge in [-0.2, -0.15) is 0 Å². The van der Waals surface area contributed by atoms with Gasteiger partial charge in [0.15, 0.2) is 0 Å². The largest absolute Gasteiger partial charge is 0.370 e. The Morgan fingerprint density at radius 1 is 0.737 bits per heavy atom. The van der Waals surface area contributed by atoms with Crippen LogP contribution in [0.4, 0.5) is 0 Å². The normalized spacial score (nSPS) is 11.1. The summed E-state index contributed by atoms with van der Waals surface area (Å²) in [6.07, 6.45) is 16.5. The molecule has 0 atom stereocenters. The Morgan fingerprint density at radius 3 is 1.47 bits per heavy atom. The van der Waals surface area contributed by atoms with Crippen molar-refractivity contribution in [3.63, 3.8) is 0 Å². The molecule has 0 saturated carbocycles. The van der Waals surface area contributed by atoms with E-state index in [1.807, 2.05) is 0 Å². The van der Waals surface area contributed by atoms with Gasteiger partial charge in [-0.05, 0) is 12.3 Å². The molecule has 2 N–H and O–H groups in total. The zero-order valence-corrected chi connectivity index (χ0v) is 13.3. The van der Waals surface area contributed by atoms with Crippen LogP contribution >= 0.6 is 0 Å². The Labute approximate surface area is 120 Å². The lowest BCUT2D eigenvalue weighted by atomic mass is 10.0. The second kappa shape index (κ2) is 13.9. The first kappa shape index (κ1) is 18.5. The molecule has 2 nitrogen and oxygen atoms in total. The summed E-state index contributed by atoms with van der Waals surface area (Å²) in [6, 6.07) is 0. The number of unbranched alkanes of at least 4 members (excludes halogenated alkanes) is 10. The third-order valence-corrected chi connectivity index (χ3v) is 3.70. The van der Waals surface area contributed by atoms with Gasteiger partial charge in [0.05, 0.1) is 0 Å². The lowest BCUT2D eigenvalue weighted by molar-refractivity contribution is -0.118. The van der Waals surface area contributed by atoms with Crippen LogP contribution in [0, 0.1) is 5.92 Å². The van der Waals surface area contributed by atoms with E-state index in [4.69, 9.17) is 5.73 Å². The van der Waals surface area contributed by atoms with Crippen LogP contribution in [0.5, 0.6) is 0 Å². The molecule has 0 heterocycles. The molecule has 1 amide bonds. The SMILES string of the molecule is CC(C)CCCCCCCCCCCCCC(N)=O. The van der Waals surface area contributed by atoms with Crippen molar-refractivity contribution >= 4 is 5.91 Å². The van der Waals surface area contributed by atoms with E-state index in [0.717, 1.165) is 18.8 Å². The van der Waals surface area contributed by atoms with Gasteiger partial charge in [0.2, 0.25) is 5.91 Å². The van der Waals surface area contributed by atoms with Crippen LogP contribution < -0.4 is 5.73 Å². The highest BCUT2D eigenvalue weighted by Gasteiger charge is 1.96. The fourth-order valence-corrected chi connectivity index (χ4v) is 2.44. The van der Waals surface area contributed by atoms with Gasteiger partial charge in [-0.1, -0.05) is 84.5 Å². The van der Waals surface area contributed by atoms with Gasteiger partial charge >= 0.3 is 0 Å². The number of hydrogen-bond donors (Lipinski definition) is 1. The summed E-state index contributed by atoms with van der Waals surface area (Å²) in [4.78, 5) is 10.5. The van der Waals surface area contributed by atoms with Gasteiger partial charge in [0.25, 0.3) is 0 Å². The highest BCUT2D eigenvalue weighted by molar-refractivity contribution is 5.73. The predicted molar refractivity (Wildman–Crippen MR) is 84.1 cm³/mol. The topological polar surface area (TPSA) is 43.1 Å². The molecule has 0 spiro atoms. The lowest BCUT2D eigenvalue weighted by Crippen LogP contribution is -2.09. The Morgan fingerprint density at radius 2 is 1.11 bits per heavy atom. The maximum absolute atomic E-state index is 10.5. The maximum Gasteiger partial charge on any atom is 0.217 e. The number of carbonyl (C=O) groups excluding carboxylic acids is 1. The quantitative estimate of drug-likeness (QED) is 0.433. The summed E-state index contributed by atoms with van der Waals surface area (Å²) in [5.74, 6) is 0.715. The summed E-state index contributed by atoms with van der Waals surface area (Å²) in [5.41, 5.74) is 5.10. The van der Waals surface area contributed by atoms with Crippen molar-refractivity contribution in [2.75, 3.05) is 0 Å². The Balaban J connectivity index is 2.97. The van der Waals surface area contributed by atoms with Crippen molar-refractivity contribution in [1.29, 1.82) is 0 Å². The molecule has 0 aromatic rings. The molecule has 0 fully saturated rings. The molecule has 0 aliphatic carbocycles. The smallest absolute Gasteiger partial charge is 0.217 e. The van der Waals surface area contributed by atoms with E-state index < -0.39 is 0 Å². The van der Waals surface area contributed by atoms with Crippen molar-refractivity contribution in [3.8, 4) is 0 Å². The fourth-order valence-electron chi connectivity index (χ4n) is 2.44. The Hall–Kier alpha value is -0.530. The summed E-state index contributed by atoms with van der Waals surface area (Å²) in [5, 5.41) is 0. The molecule has 0 aliphatic heterocycles. The molecule has 0 unspecified atom stereocenters. The third kappa shape index (κ3) is 17.5. The van der Waals surface area contributed by atoms with E-state index >= 15 is 0 Å². The first-order chi connectivity index (χ1) is 9.13. The molecule has 0 radical (unpaired) electrons. The average Bonchev–Trinajstić information content (AvgIpc) is 2.34. The highest BCUT2D eigenvalue weighted by atomic mass is 16.1. The number of amides is 1. The summed E-state index contributed by atoms with van der Waals surface area (Å²) < 4.78 is 0. The molecular weight excluding hydrogens is 234 g/mol. The van der Waals surface area contributed by atoms with Crippen molar-refractivity contribution < 1.29 is 4.79 Å². The van der Waals surface area contributed by atoms with Crippen molar-refractivity contribution in [2.45, 2.75) is 97.3 Å². The van der Waals surface area contributed by atoms with Crippen LogP contribution in [0.25, 0.3) is 0 Å². The van der Waals surface area contributed by atoms with Crippen LogP contribution in [0.2, 0.25) is 0 Å². The van der Waals surface area contributed by atoms with E-state index in [-0.39, 0.29) is 5.91 Å². The van der Waals surface area contributed by atoms with Crippen molar-refractivity contribution in [1.82, 2.24) is 0 Å². The number of primary amides is 1. The van der Waals surface area contributed by atoms with Crippen LogP contribution in [0.3, 0.4) is 0 Å². The minimum atomic E-state index is -0.155. The molecule has 0 rings (SSSR count). The van der Waals surface area contributed by atoms with Crippen molar-refractivity contribution in [2.24, 2.45) is 11.7 Å². The van der Waals surface area contributed by atoms with Gasteiger partial charge in [0.1, 0.15) is 0 Å². The zero-order valence-electron chi connectivity index (χ0n) is 13.3. The van der Waals surface area contributed by atoms with Crippen LogP contribution in [-0.2, 0) is 4.79 Å². The van der Waals surface area contributed by atoms with E-state index in [9.17, 15) is 4.79 Å². The lowest BCUT2D eigenvalue weighted by Gasteiger charge is -2.04. The molecule has 0 bridgehead atoms. The molecule has 0 aliphatic rings. The first-order valence-electron chi connectivity index (χ1n) is 8.41. The number of rotatable bonds is 14. The second-order valence-electron chi connectivity index (χ2n) is 6.29. The third-order valence-electron chi connectivity index (χ3n) is 3.70. The minimum Gasteiger partial charge on any atom is -0.370 e. The zero-order chi connectivity index (χ0) is 14.3. The molecule has 19 heavy (non-hydrogen) atoms. The van der Waals surface area contributed by atoms with E-state index in [1.54, 1.807) is 0 Å². The molecule has 0 aromatic heterocycles. The molecule has 0 saturated heterocycles. The predicted octanol–water partition coefficient (Wildman–Crippen LogP) is 5.20. The standard InChI is InChI=1S/C17H35NO/c1-16(2)14-12-10-8-6-4-3-5-7-9-11-13-15-17(18)19/h16H,3-15H2,1-2H3,(H2,18,19). The summed E-state index contributed by atoms with van der Waals surface area (Å²) >= 11 is 0. The van der Waals surface area contributed by atoms with E-state index in [1.165, 1.54) is 64.2 Å². The van der Waals surface area contributed by atoms with Crippen molar-refractivity contribution in [3.05, 3.63) is 0 Å². The molecule has 2 heteroatoms. The van der Waals surface area contributed by atoms with Gasteiger partial charge < -0.3 is 5.73 Å². The van der Waals surface area contributed by atoms with Crippen LogP contribution in [-0.4, -0.2) is 5.91 Å². The number of carbonyl (C=O) groups is 1. The van der Waals surface area contributed by atoms with Gasteiger partial charge in [-0.25, -0.2) is 0 Å². The minimum absolute atomic E-state index is 0.155. The number of nitrogens with two attached hydrogens (primary N) is 1. The first-order valence-corrected chi connectivity index (χ1v) is 8.41. The number of hydrogen-bond acceptors (Lipinski definition) is 1. The van der Waals surface area contributed by atoms with Gasteiger partial charge in [-0.3, -0.25) is 4.79 Å². The van der Waals surface area contributed by atoms with Crippen LogP contribution in [0.1, 0.15) is 97.3 Å². The van der Waals surface area contributed by atoms with E-state index in [2.05, 4.69) is 13.8 Å². The summed E-state index contributed by atoms with van der Waals surface area (Å²) in [7, 11) is 0. The second-order valence-corrected chi connectivity index (χ2v) is 6.29. The van der Waals surface area contributed by atoms with E-state index in [0.29, 0.717) is 6.42 Å². The maximum atomic E-state index is 10.5. The highest BCUT2D eigenvalue weighted by Crippen LogP contribution is 2.13. The molecule has 0 aromatic carbocycles. The summed E-state index contributed by atoms with van der Waals surface area (Å²) in [6.45, 7) is 4.62. The van der Waals surface area contributed by atoms with Crippen LogP contribution in [0.15, 0.2) is 0 Å². The Bertz CT molecular complexity index is 201. The molecular formula is C17H35NO. The Kier molecular flexibility index (Phi) is 13.5. The monoisotopic (exact) mass is 269 g/mol. The average molecular weight is 269 g/mol. The van der Waals surface area contributed by atoms with Gasteiger partial charge in [-0.15, -0.1) is 0 Å².